The van der Waals surface area contributed by atoms with Gasteiger partial charge >= 0.3 is 6.09 Å². The van der Waals surface area contributed by atoms with Crippen LogP contribution in [0.15, 0.2) is 18.2 Å². The molecular formula is C22H32ClN3O4. The third-order valence-electron chi connectivity index (χ3n) is 5.17. The van der Waals surface area contributed by atoms with Crippen molar-refractivity contribution in [3.8, 4) is 0 Å². The van der Waals surface area contributed by atoms with Gasteiger partial charge in [0.2, 0.25) is 11.8 Å². The Morgan fingerprint density at radius 2 is 1.90 bits per heavy atom. The lowest BCUT2D eigenvalue weighted by Gasteiger charge is -2.31. The van der Waals surface area contributed by atoms with Gasteiger partial charge < -0.3 is 20.3 Å². The summed E-state index contributed by atoms with van der Waals surface area (Å²) in [6.07, 6.45) is 3.15. The number of halogens is 1. The number of rotatable bonds is 9. The lowest BCUT2D eigenvalue weighted by atomic mass is 10.1. The fourth-order valence-corrected chi connectivity index (χ4v) is 3.54. The average Bonchev–Trinajstić information content (AvgIpc) is 2.73. The number of ether oxygens (including phenoxy) is 1. The molecule has 1 heterocycles. The number of amides is 3. The molecule has 2 N–H and O–H groups in total. The van der Waals surface area contributed by atoms with E-state index in [4.69, 9.17) is 16.3 Å². The Hall–Kier alpha value is -2.28. The van der Waals surface area contributed by atoms with Gasteiger partial charge in [0.15, 0.2) is 0 Å². The minimum atomic E-state index is -0.288. The first-order valence-electron chi connectivity index (χ1n) is 10.6. The van der Waals surface area contributed by atoms with Crippen molar-refractivity contribution in [1.29, 1.82) is 0 Å². The summed E-state index contributed by atoms with van der Waals surface area (Å²) < 4.78 is 4.99. The van der Waals surface area contributed by atoms with Crippen LogP contribution < -0.4 is 10.6 Å². The Morgan fingerprint density at radius 1 is 1.17 bits per heavy atom. The molecule has 1 aromatic carbocycles. The topological polar surface area (TPSA) is 87.7 Å². The van der Waals surface area contributed by atoms with Gasteiger partial charge in [-0.25, -0.2) is 4.79 Å². The van der Waals surface area contributed by atoms with E-state index in [1.165, 1.54) is 0 Å². The molecule has 0 unspecified atom stereocenters. The van der Waals surface area contributed by atoms with Crippen LogP contribution in [0.1, 0.15) is 50.2 Å². The minimum Gasteiger partial charge on any atom is -0.450 e. The van der Waals surface area contributed by atoms with Crippen molar-refractivity contribution in [3.05, 3.63) is 34.3 Å². The van der Waals surface area contributed by atoms with E-state index < -0.39 is 0 Å². The van der Waals surface area contributed by atoms with Crippen LogP contribution in [0, 0.1) is 6.92 Å². The summed E-state index contributed by atoms with van der Waals surface area (Å²) in [7, 11) is 0. The molecule has 1 aromatic rings. The average molecular weight is 438 g/mol. The highest BCUT2D eigenvalue weighted by molar-refractivity contribution is 6.31. The highest BCUT2D eigenvalue weighted by Crippen LogP contribution is 2.17. The molecule has 0 aliphatic carbocycles. The zero-order chi connectivity index (χ0) is 21.9. The predicted octanol–water partition coefficient (Wildman–Crippen LogP) is 3.21. The van der Waals surface area contributed by atoms with Crippen LogP contribution in [0.4, 0.5) is 4.79 Å². The molecule has 1 saturated heterocycles. The number of hydrogen-bond acceptors (Lipinski definition) is 4. The molecule has 166 valence electrons. The number of nitrogens with one attached hydrogen (secondary N) is 2. The molecule has 30 heavy (non-hydrogen) atoms. The fraction of sp³-hybridized carbons (Fsp3) is 0.591. The highest BCUT2D eigenvalue weighted by Gasteiger charge is 2.24. The third kappa shape index (κ3) is 8.22. The smallest absolute Gasteiger partial charge is 0.409 e. The monoisotopic (exact) mass is 437 g/mol. The molecule has 0 radical (unpaired) electrons. The van der Waals surface area contributed by atoms with Crippen molar-refractivity contribution in [2.75, 3.05) is 26.2 Å². The van der Waals surface area contributed by atoms with E-state index in [-0.39, 0.29) is 23.9 Å². The van der Waals surface area contributed by atoms with E-state index in [9.17, 15) is 14.4 Å². The van der Waals surface area contributed by atoms with Gasteiger partial charge in [-0.05, 0) is 56.7 Å². The standard InChI is InChI=1S/C22H32ClN3O4/c1-3-30-22(29)26-13-10-18(11-14-26)25-21(28)5-4-12-24-20(27)9-8-17-7-6-16(2)19(23)15-17/h6-7,15,18H,3-5,8-14H2,1-2H3,(H,24,27)(H,25,28). The van der Waals surface area contributed by atoms with Crippen LogP contribution in [0.2, 0.25) is 5.02 Å². The Labute approximate surface area is 183 Å². The molecule has 1 fully saturated rings. The first-order chi connectivity index (χ1) is 14.4. The van der Waals surface area contributed by atoms with Crippen LogP contribution >= 0.6 is 11.6 Å². The molecule has 2 rings (SSSR count). The first kappa shape index (κ1) is 24.0. The van der Waals surface area contributed by atoms with E-state index in [0.29, 0.717) is 56.9 Å². The lowest BCUT2D eigenvalue weighted by Crippen LogP contribution is -2.46. The lowest BCUT2D eigenvalue weighted by molar-refractivity contribution is -0.123. The summed E-state index contributed by atoms with van der Waals surface area (Å²) in [4.78, 5) is 37.4. The second-order valence-electron chi connectivity index (χ2n) is 7.56. The first-order valence-corrected chi connectivity index (χ1v) is 11.0. The summed E-state index contributed by atoms with van der Waals surface area (Å²) in [5.74, 6) is -0.0495. The van der Waals surface area contributed by atoms with Crippen molar-refractivity contribution >= 4 is 29.5 Å². The third-order valence-corrected chi connectivity index (χ3v) is 5.57. The fourth-order valence-electron chi connectivity index (χ4n) is 3.34. The Kier molecular flexibility index (Phi) is 9.94. The molecule has 0 saturated carbocycles. The summed E-state index contributed by atoms with van der Waals surface area (Å²) in [6.45, 7) is 5.75. The van der Waals surface area contributed by atoms with Gasteiger partial charge in [0.05, 0.1) is 6.61 Å². The van der Waals surface area contributed by atoms with Gasteiger partial charge in [-0.15, -0.1) is 0 Å². The van der Waals surface area contributed by atoms with Crippen molar-refractivity contribution in [2.24, 2.45) is 0 Å². The molecule has 1 aliphatic heterocycles. The van der Waals surface area contributed by atoms with Gasteiger partial charge in [0.25, 0.3) is 0 Å². The molecule has 0 bridgehead atoms. The molecule has 1 aliphatic rings. The SMILES string of the molecule is CCOC(=O)N1CCC(NC(=O)CCCNC(=O)CCc2ccc(C)c(Cl)c2)CC1. The van der Waals surface area contributed by atoms with Gasteiger partial charge in [-0.3, -0.25) is 9.59 Å². The van der Waals surface area contributed by atoms with Crippen LogP contribution in [0.25, 0.3) is 0 Å². The largest absolute Gasteiger partial charge is 0.450 e. The Bertz CT molecular complexity index is 733. The van der Waals surface area contributed by atoms with Gasteiger partial charge in [-0.1, -0.05) is 23.7 Å². The maximum absolute atomic E-state index is 12.1. The second-order valence-corrected chi connectivity index (χ2v) is 7.97. The maximum atomic E-state index is 12.1. The molecule has 0 spiro atoms. The highest BCUT2D eigenvalue weighted by atomic mass is 35.5. The van der Waals surface area contributed by atoms with Gasteiger partial charge in [-0.2, -0.15) is 0 Å². The van der Waals surface area contributed by atoms with Crippen molar-refractivity contribution in [3.63, 3.8) is 0 Å². The number of piperidine rings is 1. The number of likely N-dealkylation sites (tertiary alicyclic amines) is 1. The zero-order valence-electron chi connectivity index (χ0n) is 17.8. The van der Waals surface area contributed by atoms with Crippen molar-refractivity contribution in [2.45, 2.75) is 58.4 Å². The maximum Gasteiger partial charge on any atom is 0.409 e. The molecule has 8 heteroatoms. The summed E-state index contributed by atoms with van der Waals surface area (Å²) >= 11 is 6.10. The van der Waals surface area contributed by atoms with E-state index in [1.807, 2.05) is 25.1 Å². The van der Waals surface area contributed by atoms with Gasteiger partial charge in [0.1, 0.15) is 0 Å². The summed E-state index contributed by atoms with van der Waals surface area (Å²) in [5.41, 5.74) is 2.06. The molecule has 0 atom stereocenters. The number of carbonyl (C=O) groups is 3. The zero-order valence-corrected chi connectivity index (χ0v) is 18.6. The van der Waals surface area contributed by atoms with Crippen LogP contribution in [0.3, 0.4) is 0 Å². The van der Waals surface area contributed by atoms with Crippen LogP contribution in [-0.2, 0) is 20.7 Å². The van der Waals surface area contributed by atoms with E-state index in [2.05, 4.69) is 10.6 Å². The minimum absolute atomic E-state index is 0.0202. The van der Waals surface area contributed by atoms with E-state index in [0.717, 1.165) is 24.0 Å². The number of benzene rings is 1. The Balaban J connectivity index is 1.55. The number of aryl methyl sites for hydroxylation is 2. The van der Waals surface area contributed by atoms with E-state index in [1.54, 1.807) is 11.8 Å². The van der Waals surface area contributed by atoms with Crippen molar-refractivity contribution < 1.29 is 19.1 Å². The van der Waals surface area contributed by atoms with Crippen LogP contribution in [-0.4, -0.2) is 55.1 Å². The second kappa shape index (κ2) is 12.4. The van der Waals surface area contributed by atoms with Crippen LogP contribution in [0.5, 0.6) is 0 Å². The van der Waals surface area contributed by atoms with E-state index >= 15 is 0 Å². The van der Waals surface area contributed by atoms with Gasteiger partial charge in [0, 0.05) is 43.5 Å². The summed E-state index contributed by atoms with van der Waals surface area (Å²) in [5, 5.41) is 6.58. The molecule has 3 amide bonds. The summed E-state index contributed by atoms with van der Waals surface area (Å²) in [6, 6.07) is 5.91. The predicted molar refractivity (Wildman–Crippen MR) is 117 cm³/mol. The normalized spacial score (nSPS) is 14.3. The number of nitrogens with zero attached hydrogens (tertiary/aromatic N) is 1. The molecule has 7 nitrogen and oxygen atoms in total. The quantitative estimate of drug-likeness (QED) is 0.580. The number of hydrogen-bond donors (Lipinski definition) is 2. The molecule has 0 aromatic heterocycles. The number of carbonyl (C=O) groups excluding carboxylic acids is 3. The Morgan fingerprint density at radius 3 is 2.57 bits per heavy atom. The van der Waals surface area contributed by atoms with Crippen molar-refractivity contribution in [1.82, 2.24) is 15.5 Å². The molecular weight excluding hydrogens is 406 g/mol.